The van der Waals surface area contributed by atoms with Crippen LogP contribution in [0.15, 0.2) is 29.3 Å². The first-order chi connectivity index (χ1) is 15.3. The third-order valence-corrected chi connectivity index (χ3v) is 6.01. The van der Waals surface area contributed by atoms with E-state index in [-0.39, 0.29) is 18.0 Å². The number of hydrogen-bond donors (Lipinski definition) is 2. The zero-order chi connectivity index (χ0) is 23.3. The predicted octanol–water partition coefficient (Wildman–Crippen LogP) is 2.02. The normalized spacial score (nSPS) is 10.8. The number of hydrogen-bond acceptors (Lipinski definition) is 7. The van der Waals surface area contributed by atoms with Crippen molar-refractivity contribution in [3.8, 4) is 11.5 Å². The van der Waals surface area contributed by atoms with Gasteiger partial charge in [0.25, 0.3) is 11.5 Å². The number of aryl methyl sites for hydroxylation is 1. The molecule has 3 N–H and O–H groups in total. The van der Waals surface area contributed by atoms with Crippen LogP contribution in [0.25, 0.3) is 10.2 Å². The van der Waals surface area contributed by atoms with Crippen LogP contribution in [0.2, 0.25) is 0 Å². The van der Waals surface area contributed by atoms with E-state index in [0.717, 1.165) is 16.9 Å². The minimum Gasteiger partial charge on any atom is -0.490 e. The number of rotatable bonds is 10. The molecule has 0 unspecified atom stereocenters. The number of fused-ring (bicyclic) bond motifs is 1. The van der Waals surface area contributed by atoms with Crippen molar-refractivity contribution in [1.29, 1.82) is 0 Å². The molecule has 0 radical (unpaired) electrons. The van der Waals surface area contributed by atoms with Gasteiger partial charge in [-0.1, -0.05) is 6.07 Å². The van der Waals surface area contributed by atoms with Gasteiger partial charge < -0.3 is 20.5 Å². The van der Waals surface area contributed by atoms with Crippen molar-refractivity contribution in [2.45, 2.75) is 33.7 Å². The van der Waals surface area contributed by atoms with Gasteiger partial charge in [0.1, 0.15) is 11.4 Å². The van der Waals surface area contributed by atoms with Gasteiger partial charge in [-0.25, -0.2) is 4.98 Å². The van der Waals surface area contributed by atoms with Crippen molar-refractivity contribution < 1.29 is 19.1 Å². The van der Waals surface area contributed by atoms with Gasteiger partial charge >= 0.3 is 0 Å². The van der Waals surface area contributed by atoms with Crippen molar-refractivity contribution >= 4 is 33.4 Å². The van der Waals surface area contributed by atoms with Crippen LogP contribution >= 0.6 is 11.3 Å². The van der Waals surface area contributed by atoms with Crippen LogP contribution in [0.4, 0.5) is 0 Å². The van der Waals surface area contributed by atoms with Gasteiger partial charge in [0, 0.05) is 6.54 Å². The molecule has 0 saturated heterocycles. The van der Waals surface area contributed by atoms with Gasteiger partial charge in [-0.3, -0.25) is 19.0 Å². The molecule has 0 fully saturated rings. The highest BCUT2D eigenvalue weighted by Crippen LogP contribution is 2.29. The molecule has 0 saturated carbocycles. The van der Waals surface area contributed by atoms with Crippen LogP contribution < -0.4 is 26.1 Å². The lowest BCUT2D eigenvalue weighted by Gasteiger charge is -2.13. The van der Waals surface area contributed by atoms with Gasteiger partial charge in [-0.2, -0.15) is 0 Å². The van der Waals surface area contributed by atoms with E-state index in [1.807, 2.05) is 32.0 Å². The number of carbonyl (C=O) groups is 2. The van der Waals surface area contributed by atoms with E-state index in [2.05, 4.69) is 10.3 Å². The minimum absolute atomic E-state index is 0.170. The molecule has 0 atom stereocenters. The quantitative estimate of drug-likeness (QED) is 0.479. The Labute approximate surface area is 189 Å². The Balaban J connectivity index is 1.64. The summed E-state index contributed by atoms with van der Waals surface area (Å²) in [6.07, 6.45) is 1.90. The number of nitrogens with zero attached hydrogens (tertiary/aromatic N) is 2. The Morgan fingerprint density at radius 3 is 2.59 bits per heavy atom. The average molecular weight is 459 g/mol. The molecule has 0 aliphatic rings. The molecule has 0 aliphatic heterocycles. The number of ether oxygens (including phenoxy) is 2. The second kappa shape index (κ2) is 10.3. The number of benzene rings is 1. The summed E-state index contributed by atoms with van der Waals surface area (Å²) >= 11 is 1.08. The molecule has 3 rings (SSSR count). The molecule has 0 spiro atoms. The van der Waals surface area contributed by atoms with Gasteiger partial charge in [0.15, 0.2) is 11.5 Å². The fraction of sp³-hybridized carbons (Fsp3) is 0.364. The summed E-state index contributed by atoms with van der Waals surface area (Å²) in [5.74, 6) is 0.446. The zero-order valence-electron chi connectivity index (χ0n) is 18.3. The third-order valence-electron chi connectivity index (χ3n) is 4.80. The van der Waals surface area contributed by atoms with Crippen LogP contribution in [-0.4, -0.2) is 41.1 Å². The Bertz CT molecular complexity index is 1200. The summed E-state index contributed by atoms with van der Waals surface area (Å²) in [7, 11) is 0. The zero-order valence-corrected chi connectivity index (χ0v) is 19.1. The molecule has 2 heterocycles. The molecule has 10 heteroatoms. The maximum atomic E-state index is 12.8. The molecule has 2 aromatic heterocycles. The maximum absolute atomic E-state index is 12.8. The number of amides is 2. The molecule has 0 bridgehead atoms. The lowest BCUT2D eigenvalue weighted by molar-refractivity contribution is -0.121. The lowest BCUT2D eigenvalue weighted by Crippen LogP contribution is -2.33. The monoisotopic (exact) mass is 458 g/mol. The second-order valence-corrected chi connectivity index (χ2v) is 8.02. The Kier molecular flexibility index (Phi) is 7.47. The SMILES string of the molecule is CCOc1ccc(CCNC(=O)Cn2cnc3sc(C(N)=O)c(C)c3c2=O)cc1OCC. The summed E-state index contributed by atoms with van der Waals surface area (Å²) in [4.78, 5) is 41.6. The van der Waals surface area contributed by atoms with Crippen LogP contribution in [0.1, 0.15) is 34.6 Å². The van der Waals surface area contributed by atoms with Gasteiger partial charge in [-0.05, 0) is 50.5 Å². The molecule has 0 aliphatic carbocycles. The van der Waals surface area contributed by atoms with E-state index in [9.17, 15) is 14.4 Å². The molecule has 2 amide bonds. The fourth-order valence-corrected chi connectivity index (χ4v) is 4.31. The molecule has 170 valence electrons. The summed E-state index contributed by atoms with van der Waals surface area (Å²) in [5.41, 5.74) is 6.46. The molecule has 1 aromatic carbocycles. The number of nitrogens with one attached hydrogen (secondary N) is 1. The fourth-order valence-electron chi connectivity index (χ4n) is 3.31. The summed E-state index contributed by atoms with van der Waals surface area (Å²) in [5, 5.41) is 3.13. The first-order valence-corrected chi connectivity index (χ1v) is 11.1. The highest BCUT2D eigenvalue weighted by molar-refractivity contribution is 7.20. The number of primary amides is 1. The summed E-state index contributed by atoms with van der Waals surface area (Å²) in [6, 6.07) is 5.69. The van der Waals surface area contributed by atoms with Crippen LogP contribution in [0.5, 0.6) is 11.5 Å². The van der Waals surface area contributed by atoms with Gasteiger partial charge in [-0.15, -0.1) is 11.3 Å². The number of carbonyl (C=O) groups excluding carboxylic acids is 2. The third kappa shape index (κ3) is 5.08. The number of nitrogens with two attached hydrogens (primary N) is 1. The maximum Gasteiger partial charge on any atom is 0.262 e. The van der Waals surface area contributed by atoms with E-state index in [4.69, 9.17) is 15.2 Å². The van der Waals surface area contributed by atoms with E-state index in [1.165, 1.54) is 10.9 Å². The van der Waals surface area contributed by atoms with E-state index in [0.29, 0.717) is 58.3 Å². The van der Waals surface area contributed by atoms with Crippen LogP contribution in [0.3, 0.4) is 0 Å². The first-order valence-electron chi connectivity index (χ1n) is 10.3. The highest BCUT2D eigenvalue weighted by atomic mass is 32.1. The molecule has 9 nitrogen and oxygen atoms in total. The smallest absolute Gasteiger partial charge is 0.262 e. The minimum atomic E-state index is -0.601. The van der Waals surface area contributed by atoms with Crippen molar-refractivity contribution in [2.75, 3.05) is 19.8 Å². The lowest BCUT2D eigenvalue weighted by atomic mass is 10.1. The number of thiophene rings is 1. The summed E-state index contributed by atoms with van der Waals surface area (Å²) in [6.45, 7) is 6.77. The molecular formula is C22H26N4O5S. The average Bonchev–Trinajstić information content (AvgIpc) is 3.10. The van der Waals surface area contributed by atoms with Crippen molar-refractivity contribution in [1.82, 2.24) is 14.9 Å². The Hall–Kier alpha value is -3.40. The van der Waals surface area contributed by atoms with Crippen molar-refractivity contribution in [3.05, 3.63) is 50.9 Å². The van der Waals surface area contributed by atoms with E-state index < -0.39 is 5.91 Å². The Morgan fingerprint density at radius 2 is 1.91 bits per heavy atom. The standard InChI is InChI=1S/C22H26N4O5S/c1-4-30-15-7-6-14(10-16(15)31-5-2)8-9-24-17(27)11-26-12-25-21-18(22(26)29)13(3)19(32-21)20(23)28/h6-7,10,12H,4-5,8-9,11H2,1-3H3,(H2,23,28)(H,24,27). The van der Waals surface area contributed by atoms with E-state index in [1.54, 1.807) is 6.92 Å². The highest BCUT2D eigenvalue weighted by Gasteiger charge is 2.18. The van der Waals surface area contributed by atoms with Gasteiger partial charge in [0.2, 0.25) is 5.91 Å². The van der Waals surface area contributed by atoms with Crippen molar-refractivity contribution in [2.24, 2.45) is 5.73 Å². The second-order valence-electron chi connectivity index (χ2n) is 7.03. The molecular weight excluding hydrogens is 432 g/mol. The van der Waals surface area contributed by atoms with Crippen molar-refractivity contribution in [3.63, 3.8) is 0 Å². The topological polar surface area (TPSA) is 126 Å². The van der Waals surface area contributed by atoms with Gasteiger partial charge in [0.05, 0.1) is 29.8 Å². The predicted molar refractivity (Wildman–Crippen MR) is 123 cm³/mol. The van der Waals surface area contributed by atoms with Crippen LogP contribution in [0, 0.1) is 6.92 Å². The number of aromatic nitrogens is 2. The first kappa shape index (κ1) is 23.3. The Morgan fingerprint density at radius 1 is 1.19 bits per heavy atom. The largest absolute Gasteiger partial charge is 0.490 e. The molecule has 3 aromatic rings. The molecule has 32 heavy (non-hydrogen) atoms. The van der Waals surface area contributed by atoms with E-state index >= 15 is 0 Å². The summed E-state index contributed by atoms with van der Waals surface area (Å²) < 4.78 is 12.4. The van der Waals surface area contributed by atoms with Crippen LogP contribution in [-0.2, 0) is 17.8 Å².